The van der Waals surface area contributed by atoms with E-state index in [9.17, 15) is 4.79 Å². The van der Waals surface area contributed by atoms with E-state index in [1.54, 1.807) is 6.20 Å². The summed E-state index contributed by atoms with van der Waals surface area (Å²) in [6.07, 6.45) is 5.38. The highest BCUT2D eigenvalue weighted by molar-refractivity contribution is 5.72. The van der Waals surface area contributed by atoms with Crippen LogP contribution in [0.5, 0.6) is 0 Å². The smallest absolute Gasteiger partial charge is 0.166 e. The SMILES string of the molecule is CC(C)Cn1c(C=O)ccc1Cc1cccnc1. The van der Waals surface area contributed by atoms with Crippen LogP contribution in [0, 0.1) is 5.92 Å². The van der Waals surface area contributed by atoms with E-state index in [2.05, 4.69) is 29.5 Å². The van der Waals surface area contributed by atoms with E-state index in [0.29, 0.717) is 5.92 Å². The van der Waals surface area contributed by atoms with E-state index in [1.165, 1.54) is 5.69 Å². The molecule has 0 saturated carbocycles. The number of carbonyl (C=O) groups excluding carboxylic acids is 1. The van der Waals surface area contributed by atoms with Crippen LogP contribution >= 0.6 is 0 Å². The van der Waals surface area contributed by atoms with Gasteiger partial charge in [-0.1, -0.05) is 19.9 Å². The molecule has 2 heterocycles. The highest BCUT2D eigenvalue weighted by atomic mass is 16.1. The number of nitrogens with zero attached hydrogens (tertiary/aromatic N) is 2. The molecule has 0 aromatic carbocycles. The summed E-state index contributed by atoms with van der Waals surface area (Å²) in [7, 11) is 0. The third kappa shape index (κ3) is 2.86. The minimum atomic E-state index is 0.517. The van der Waals surface area contributed by atoms with Crippen LogP contribution in [0.15, 0.2) is 36.7 Å². The molecule has 0 bridgehead atoms. The maximum atomic E-state index is 11.0. The highest BCUT2D eigenvalue weighted by Crippen LogP contribution is 2.15. The zero-order valence-electron chi connectivity index (χ0n) is 10.8. The van der Waals surface area contributed by atoms with Crippen molar-refractivity contribution in [3.05, 3.63) is 53.6 Å². The molecular weight excluding hydrogens is 224 g/mol. The lowest BCUT2D eigenvalue weighted by Crippen LogP contribution is -2.11. The third-order valence-electron chi connectivity index (χ3n) is 2.88. The number of hydrogen-bond acceptors (Lipinski definition) is 2. The molecule has 94 valence electrons. The number of hydrogen-bond donors (Lipinski definition) is 0. The zero-order chi connectivity index (χ0) is 13.0. The van der Waals surface area contributed by atoms with Gasteiger partial charge in [0.15, 0.2) is 6.29 Å². The second kappa shape index (κ2) is 5.63. The summed E-state index contributed by atoms with van der Waals surface area (Å²) in [6.45, 7) is 5.18. The van der Waals surface area contributed by atoms with Crippen molar-refractivity contribution in [3.8, 4) is 0 Å². The van der Waals surface area contributed by atoms with E-state index in [4.69, 9.17) is 0 Å². The van der Waals surface area contributed by atoms with Crippen LogP contribution in [-0.4, -0.2) is 15.8 Å². The summed E-state index contributed by atoms with van der Waals surface area (Å²) in [4.78, 5) is 15.2. The molecule has 18 heavy (non-hydrogen) atoms. The molecule has 0 atom stereocenters. The monoisotopic (exact) mass is 242 g/mol. The molecule has 0 aliphatic heterocycles. The summed E-state index contributed by atoms with van der Waals surface area (Å²) < 4.78 is 2.10. The second-order valence-electron chi connectivity index (χ2n) is 4.91. The Morgan fingerprint density at radius 3 is 2.78 bits per heavy atom. The zero-order valence-corrected chi connectivity index (χ0v) is 10.8. The summed E-state index contributed by atoms with van der Waals surface area (Å²) in [5, 5.41) is 0. The van der Waals surface area contributed by atoms with Gasteiger partial charge in [-0.05, 0) is 29.7 Å². The number of aldehydes is 1. The summed E-state index contributed by atoms with van der Waals surface area (Å²) in [5.74, 6) is 0.517. The van der Waals surface area contributed by atoms with Gasteiger partial charge in [0, 0.05) is 31.1 Å². The fourth-order valence-corrected chi connectivity index (χ4v) is 2.08. The Morgan fingerprint density at radius 1 is 1.33 bits per heavy atom. The van der Waals surface area contributed by atoms with Gasteiger partial charge >= 0.3 is 0 Å². The topological polar surface area (TPSA) is 34.9 Å². The molecule has 0 amide bonds. The van der Waals surface area contributed by atoms with Crippen LogP contribution in [0.1, 0.15) is 35.6 Å². The Hall–Kier alpha value is -1.90. The van der Waals surface area contributed by atoms with E-state index in [0.717, 1.165) is 30.5 Å². The fraction of sp³-hybridized carbons (Fsp3) is 0.333. The quantitative estimate of drug-likeness (QED) is 0.755. The lowest BCUT2D eigenvalue weighted by atomic mass is 10.1. The van der Waals surface area contributed by atoms with Crippen LogP contribution in [0.4, 0.5) is 0 Å². The van der Waals surface area contributed by atoms with E-state index >= 15 is 0 Å². The molecule has 3 nitrogen and oxygen atoms in total. The first-order chi connectivity index (χ1) is 8.70. The molecule has 0 spiro atoms. The number of pyridine rings is 1. The van der Waals surface area contributed by atoms with Gasteiger partial charge in [-0.25, -0.2) is 0 Å². The van der Waals surface area contributed by atoms with Gasteiger partial charge in [-0.3, -0.25) is 9.78 Å². The molecule has 2 rings (SSSR count). The van der Waals surface area contributed by atoms with Gasteiger partial charge in [0.25, 0.3) is 0 Å². The van der Waals surface area contributed by atoms with Crippen molar-refractivity contribution in [1.29, 1.82) is 0 Å². The first-order valence-corrected chi connectivity index (χ1v) is 6.23. The molecule has 0 saturated heterocycles. The van der Waals surface area contributed by atoms with Crippen LogP contribution in [0.3, 0.4) is 0 Å². The molecular formula is C15H18N2O. The summed E-state index contributed by atoms with van der Waals surface area (Å²) >= 11 is 0. The van der Waals surface area contributed by atoms with Crippen molar-refractivity contribution in [2.75, 3.05) is 0 Å². The molecule has 0 aliphatic carbocycles. The Morgan fingerprint density at radius 2 is 2.17 bits per heavy atom. The van der Waals surface area contributed by atoms with Crippen molar-refractivity contribution in [3.63, 3.8) is 0 Å². The van der Waals surface area contributed by atoms with Gasteiger partial charge in [-0.15, -0.1) is 0 Å². The van der Waals surface area contributed by atoms with Gasteiger partial charge < -0.3 is 4.57 Å². The van der Waals surface area contributed by atoms with Crippen molar-refractivity contribution in [2.24, 2.45) is 5.92 Å². The van der Waals surface area contributed by atoms with Crippen molar-refractivity contribution in [1.82, 2.24) is 9.55 Å². The predicted octanol–water partition coefficient (Wildman–Crippen LogP) is 2.94. The normalized spacial score (nSPS) is 10.8. The van der Waals surface area contributed by atoms with Crippen LogP contribution in [0.2, 0.25) is 0 Å². The maximum absolute atomic E-state index is 11.0. The minimum Gasteiger partial charge on any atom is -0.342 e. The van der Waals surface area contributed by atoms with Gasteiger partial charge in [0.2, 0.25) is 0 Å². The van der Waals surface area contributed by atoms with Crippen LogP contribution < -0.4 is 0 Å². The molecule has 3 heteroatoms. The molecule has 0 N–H and O–H groups in total. The Balaban J connectivity index is 2.27. The van der Waals surface area contributed by atoms with E-state index < -0.39 is 0 Å². The van der Waals surface area contributed by atoms with Crippen LogP contribution in [0.25, 0.3) is 0 Å². The van der Waals surface area contributed by atoms with Gasteiger partial charge in [0.05, 0.1) is 5.69 Å². The lowest BCUT2D eigenvalue weighted by molar-refractivity contribution is 0.111. The maximum Gasteiger partial charge on any atom is 0.166 e. The summed E-state index contributed by atoms with van der Waals surface area (Å²) in [6, 6.07) is 7.91. The van der Waals surface area contributed by atoms with E-state index in [1.807, 2.05) is 24.4 Å². The van der Waals surface area contributed by atoms with Crippen molar-refractivity contribution < 1.29 is 4.79 Å². The largest absolute Gasteiger partial charge is 0.342 e. The van der Waals surface area contributed by atoms with Gasteiger partial charge in [-0.2, -0.15) is 0 Å². The standard InChI is InChI=1S/C15H18N2O/c1-12(2)10-17-14(5-6-15(17)11-18)8-13-4-3-7-16-9-13/h3-7,9,11-12H,8,10H2,1-2H3. The fourth-order valence-electron chi connectivity index (χ4n) is 2.08. The lowest BCUT2D eigenvalue weighted by Gasteiger charge is -2.13. The molecule has 0 fully saturated rings. The predicted molar refractivity (Wildman–Crippen MR) is 71.7 cm³/mol. The summed E-state index contributed by atoms with van der Waals surface area (Å²) in [5.41, 5.74) is 3.08. The number of carbonyl (C=O) groups is 1. The van der Waals surface area contributed by atoms with Crippen LogP contribution in [-0.2, 0) is 13.0 Å². The second-order valence-corrected chi connectivity index (χ2v) is 4.91. The average Bonchev–Trinajstić information content (AvgIpc) is 2.72. The third-order valence-corrected chi connectivity index (χ3v) is 2.88. The molecule has 0 radical (unpaired) electrons. The number of aromatic nitrogens is 2. The van der Waals surface area contributed by atoms with Crippen molar-refractivity contribution >= 4 is 6.29 Å². The number of rotatable bonds is 5. The molecule has 2 aromatic rings. The minimum absolute atomic E-state index is 0.517. The Labute approximate surface area is 107 Å². The highest BCUT2D eigenvalue weighted by Gasteiger charge is 2.09. The average molecular weight is 242 g/mol. The Kier molecular flexibility index (Phi) is 3.92. The molecule has 2 aromatic heterocycles. The van der Waals surface area contributed by atoms with Gasteiger partial charge in [0.1, 0.15) is 0 Å². The molecule has 0 aliphatic rings. The Bertz CT molecular complexity index is 515. The first kappa shape index (κ1) is 12.6. The first-order valence-electron chi connectivity index (χ1n) is 6.23. The van der Waals surface area contributed by atoms with Crippen molar-refractivity contribution in [2.45, 2.75) is 26.8 Å². The molecule has 0 unspecified atom stereocenters. The van der Waals surface area contributed by atoms with E-state index in [-0.39, 0.29) is 0 Å².